The fourth-order valence-electron chi connectivity index (χ4n) is 1.34. The molecule has 1 unspecified atom stereocenters. The number of halogens is 1. The van der Waals surface area contributed by atoms with Crippen molar-refractivity contribution in [3.63, 3.8) is 0 Å². The normalized spacial score (nSPS) is 12.5. The molecule has 0 heterocycles. The zero-order valence-electron chi connectivity index (χ0n) is 9.29. The molecule has 0 aliphatic heterocycles. The van der Waals surface area contributed by atoms with Crippen LogP contribution in [0.25, 0.3) is 0 Å². The lowest BCUT2D eigenvalue weighted by Gasteiger charge is -2.12. The Balaban J connectivity index is 2.78. The Morgan fingerprint density at radius 3 is 2.67 bits per heavy atom. The molecule has 0 fully saturated rings. The molecule has 0 saturated carbocycles. The second-order valence-corrected chi connectivity index (χ2v) is 3.95. The fraction of sp³-hybridized carbons (Fsp3) is 0.500. The molecule has 0 spiro atoms. The third-order valence-electron chi connectivity index (χ3n) is 2.28. The van der Waals surface area contributed by atoms with Gasteiger partial charge in [-0.1, -0.05) is 31.5 Å². The van der Waals surface area contributed by atoms with Crippen molar-refractivity contribution in [1.82, 2.24) is 0 Å². The Kier molecular flexibility index (Phi) is 4.92. The minimum absolute atomic E-state index is 0.0118. The van der Waals surface area contributed by atoms with Gasteiger partial charge < -0.3 is 10.5 Å². The zero-order chi connectivity index (χ0) is 11.3. The first-order valence-electron chi connectivity index (χ1n) is 5.36. The average molecular weight is 228 g/mol. The Morgan fingerprint density at radius 2 is 2.13 bits per heavy atom. The lowest BCUT2D eigenvalue weighted by atomic mass is 10.1. The zero-order valence-corrected chi connectivity index (χ0v) is 10.1. The highest BCUT2D eigenvalue weighted by Gasteiger charge is 2.08. The average Bonchev–Trinajstić information content (AvgIpc) is 2.25. The molecule has 0 amide bonds. The van der Waals surface area contributed by atoms with E-state index in [1.807, 2.05) is 25.1 Å². The van der Waals surface area contributed by atoms with E-state index in [2.05, 4.69) is 6.92 Å². The van der Waals surface area contributed by atoms with Crippen molar-refractivity contribution in [1.29, 1.82) is 0 Å². The maximum atomic E-state index is 6.12. The summed E-state index contributed by atoms with van der Waals surface area (Å²) in [6, 6.07) is 5.72. The Hall–Kier alpha value is -0.730. The molecule has 84 valence electrons. The first-order chi connectivity index (χ1) is 7.19. The van der Waals surface area contributed by atoms with Gasteiger partial charge in [-0.05, 0) is 30.5 Å². The van der Waals surface area contributed by atoms with Gasteiger partial charge in [0.05, 0.1) is 6.61 Å². The minimum atomic E-state index is 0.0118. The summed E-state index contributed by atoms with van der Waals surface area (Å²) in [5.74, 6) is 0.814. The highest BCUT2D eigenvalue weighted by molar-refractivity contribution is 6.31. The number of rotatable bonds is 5. The summed E-state index contributed by atoms with van der Waals surface area (Å²) < 4.78 is 5.48. The van der Waals surface area contributed by atoms with Crippen molar-refractivity contribution < 1.29 is 4.74 Å². The third-order valence-corrected chi connectivity index (χ3v) is 2.61. The standard InChI is InChI=1S/C12H18ClNO/c1-3-7-15-9-5-6-10(11(13)8-9)12(14)4-2/h5-6,8,12H,3-4,7,14H2,1-2H3. The lowest BCUT2D eigenvalue weighted by Crippen LogP contribution is -2.09. The van der Waals surface area contributed by atoms with Crippen molar-refractivity contribution >= 4 is 11.6 Å². The molecule has 1 aromatic carbocycles. The van der Waals surface area contributed by atoms with Gasteiger partial charge in [-0.25, -0.2) is 0 Å². The van der Waals surface area contributed by atoms with E-state index in [0.717, 1.165) is 30.8 Å². The first kappa shape index (κ1) is 12.3. The number of nitrogens with two attached hydrogens (primary N) is 1. The van der Waals surface area contributed by atoms with Crippen molar-refractivity contribution in [2.45, 2.75) is 32.7 Å². The van der Waals surface area contributed by atoms with Crippen LogP contribution in [0.5, 0.6) is 5.75 Å². The van der Waals surface area contributed by atoms with Crippen molar-refractivity contribution in [2.75, 3.05) is 6.61 Å². The number of hydrogen-bond acceptors (Lipinski definition) is 2. The van der Waals surface area contributed by atoms with Crippen molar-refractivity contribution in [3.8, 4) is 5.75 Å². The monoisotopic (exact) mass is 227 g/mol. The molecule has 1 atom stereocenters. The van der Waals surface area contributed by atoms with Crippen LogP contribution in [0.15, 0.2) is 18.2 Å². The summed E-state index contributed by atoms with van der Waals surface area (Å²) in [6.45, 7) is 4.83. The Morgan fingerprint density at radius 1 is 1.40 bits per heavy atom. The van der Waals surface area contributed by atoms with E-state index >= 15 is 0 Å². The molecule has 1 rings (SSSR count). The molecule has 3 heteroatoms. The molecule has 0 saturated heterocycles. The molecule has 0 radical (unpaired) electrons. The van der Waals surface area contributed by atoms with Gasteiger partial charge in [0, 0.05) is 11.1 Å². The smallest absolute Gasteiger partial charge is 0.120 e. The summed E-state index contributed by atoms with van der Waals surface area (Å²) in [5.41, 5.74) is 6.91. The minimum Gasteiger partial charge on any atom is -0.494 e. The van der Waals surface area contributed by atoms with E-state index in [1.165, 1.54) is 0 Å². The summed E-state index contributed by atoms with van der Waals surface area (Å²) in [5, 5.41) is 0.693. The van der Waals surface area contributed by atoms with Crippen LogP contribution in [0, 0.1) is 0 Å². The van der Waals surface area contributed by atoms with Crippen LogP contribution in [0.4, 0.5) is 0 Å². The highest BCUT2D eigenvalue weighted by atomic mass is 35.5. The van der Waals surface area contributed by atoms with Gasteiger partial charge in [0.2, 0.25) is 0 Å². The fourth-order valence-corrected chi connectivity index (χ4v) is 1.65. The van der Waals surface area contributed by atoms with E-state index < -0.39 is 0 Å². The number of benzene rings is 1. The predicted molar refractivity (Wildman–Crippen MR) is 64.5 cm³/mol. The van der Waals surface area contributed by atoms with Crippen LogP contribution in [0.1, 0.15) is 38.3 Å². The summed E-state index contributed by atoms with van der Waals surface area (Å²) in [4.78, 5) is 0. The molecule has 1 aromatic rings. The van der Waals surface area contributed by atoms with E-state index in [-0.39, 0.29) is 6.04 Å². The van der Waals surface area contributed by atoms with Crippen LogP contribution < -0.4 is 10.5 Å². The summed E-state index contributed by atoms with van der Waals surface area (Å²) >= 11 is 6.12. The highest BCUT2D eigenvalue weighted by Crippen LogP contribution is 2.27. The molecular formula is C12H18ClNO. The molecule has 0 aliphatic rings. The van der Waals surface area contributed by atoms with Gasteiger partial charge in [0.25, 0.3) is 0 Å². The third kappa shape index (κ3) is 3.40. The second kappa shape index (κ2) is 5.99. The number of hydrogen-bond donors (Lipinski definition) is 1. The molecule has 0 bridgehead atoms. The molecule has 2 N–H and O–H groups in total. The SMILES string of the molecule is CCCOc1ccc(C(N)CC)c(Cl)c1. The Bertz CT molecular complexity index is 314. The molecular weight excluding hydrogens is 210 g/mol. The van der Waals surface area contributed by atoms with Gasteiger partial charge in [-0.2, -0.15) is 0 Å². The maximum Gasteiger partial charge on any atom is 0.120 e. The van der Waals surface area contributed by atoms with Gasteiger partial charge in [-0.15, -0.1) is 0 Å². The molecule has 0 aromatic heterocycles. The quantitative estimate of drug-likeness (QED) is 0.835. The van der Waals surface area contributed by atoms with Crippen LogP contribution >= 0.6 is 11.6 Å². The largest absolute Gasteiger partial charge is 0.494 e. The molecule has 0 aliphatic carbocycles. The second-order valence-electron chi connectivity index (χ2n) is 3.55. The van der Waals surface area contributed by atoms with Crippen LogP contribution in [0.2, 0.25) is 5.02 Å². The van der Waals surface area contributed by atoms with E-state index in [1.54, 1.807) is 0 Å². The lowest BCUT2D eigenvalue weighted by molar-refractivity contribution is 0.317. The summed E-state index contributed by atoms with van der Waals surface area (Å²) in [7, 11) is 0. The first-order valence-corrected chi connectivity index (χ1v) is 5.74. The number of ether oxygens (including phenoxy) is 1. The van der Waals surface area contributed by atoms with Gasteiger partial charge in [0.15, 0.2) is 0 Å². The van der Waals surface area contributed by atoms with E-state index in [0.29, 0.717) is 5.02 Å². The van der Waals surface area contributed by atoms with Gasteiger partial charge >= 0.3 is 0 Å². The van der Waals surface area contributed by atoms with E-state index in [9.17, 15) is 0 Å². The summed E-state index contributed by atoms with van der Waals surface area (Å²) in [6.07, 6.45) is 1.88. The van der Waals surface area contributed by atoms with Crippen LogP contribution in [0.3, 0.4) is 0 Å². The van der Waals surface area contributed by atoms with Crippen LogP contribution in [-0.4, -0.2) is 6.61 Å². The van der Waals surface area contributed by atoms with Crippen molar-refractivity contribution in [2.24, 2.45) is 5.73 Å². The molecule has 2 nitrogen and oxygen atoms in total. The molecule has 15 heavy (non-hydrogen) atoms. The van der Waals surface area contributed by atoms with Gasteiger partial charge in [0.1, 0.15) is 5.75 Å². The maximum absolute atomic E-state index is 6.12. The van der Waals surface area contributed by atoms with E-state index in [4.69, 9.17) is 22.1 Å². The predicted octanol–water partition coefficient (Wildman–Crippen LogP) is 3.54. The topological polar surface area (TPSA) is 35.2 Å². The Labute approximate surface area is 96.4 Å². The van der Waals surface area contributed by atoms with Gasteiger partial charge in [-0.3, -0.25) is 0 Å². The van der Waals surface area contributed by atoms with Crippen molar-refractivity contribution in [3.05, 3.63) is 28.8 Å². The van der Waals surface area contributed by atoms with Crippen LogP contribution in [-0.2, 0) is 0 Å².